The molecule has 278 valence electrons. The molecule has 3 atom stereocenters. The van der Waals surface area contributed by atoms with Crippen LogP contribution in [-0.2, 0) is 32.0 Å². The average Bonchev–Trinajstić information content (AvgIpc) is 3.76. The highest BCUT2D eigenvalue weighted by molar-refractivity contribution is 5.92. The number of hydrogen-bond donors (Lipinski definition) is 4. The van der Waals surface area contributed by atoms with Crippen LogP contribution in [0.1, 0.15) is 112 Å². The summed E-state index contributed by atoms with van der Waals surface area (Å²) in [6.45, 7) is 22.0. The SMILES string of the molecule is C#CCCC(NC(=O)C1CCCN1C(C)=O)C(C)=O.C=CCNC=O.CC.CCC.CCC.CNC(=O)NC(C)C1Cc2ccccc2C1. The molecule has 3 unspecified atom stereocenters. The Kier molecular flexibility index (Phi) is 32.6. The maximum atomic E-state index is 12.1. The van der Waals surface area contributed by atoms with Gasteiger partial charge in [0.1, 0.15) is 6.04 Å². The summed E-state index contributed by atoms with van der Waals surface area (Å²) in [5.74, 6) is 2.49. The van der Waals surface area contributed by atoms with E-state index >= 15 is 0 Å². The first-order valence-corrected chi connectivity index (χ1v) is 17.8. The van der Waals surface area contributed by atoms with Gasteiger partial charge >= 0.3 is 6.03 Å². The molecule has 1 aliphatic carbocycles. The molecule has 1 fully saturated rings. The zero-order valence-electron chi connectivity index (χ0n) is 32.1. The van der Waals surface area contributed by atoms with Crippen molar-refractivity contribution in [3.8, 4) is 12.3 Å². The molecule has 3 rings (SSSR count). The number of carbonyl (C=O) groups excluding carboxylic acids is 5. The number of likely N-dealkylation sites (tertiary alicyclic amines) is 1. The van der Waals surface area contributed by atoms with Gasteiger partial charge in [0.15, 0.2) is 5.78 Å². The molecule has 1 aliphatic heterocycles. The third-order valence-corrected chi connectivity index (χ3v) is 7.07. The third kappa shape index (κ3) is 23.0. The summed E-state index contributed by atoms with van der Waals surface area (Å²) in [6.07, 6.45) is 14.4. The number of hydrogen-bond acceptors (Lipinski definition) is 5. The molecule has 0 spiro atoms. The van der Waals surface area contributed by atoms with Crippen LogP contribution >= 0.6 is 0 Å². The normalized spacial score (nSPS) is 14.7. The summed E-state index contributed by atoms with van der Waals surface area (Å²) >= 11 is 0. The van der Waals surface area contributed by atoms with Crippen LogP contribution < -0.4 is 21.3 Å². The number of terminal acetylenes is 1. The highest BCUT2D eigenvalue weighted by Crippen LogP contribution is 2.28. The van der Waals surface area contributed by atoms with Crippen molar-refractivity contribution in [3.05, 3.63) is 48.0 Å². The number of Topliss-reactive ketones (excluding diaryl/α,β-unsaturated/α-hetero) is 1. The van der Waals surface area contributed by atoms with Crippen molar-refractivity contribution in [3.63, 3.8) is 0 Å². The minimum absolute atomic E-state index is 0.0940. The van der Waals surface area contributed by atoms with Gasteiger partial charge in [0.05, 0.1) is 6.04 Å². The van der Waals surface area contributed by atoms with E-state index < -0.39 is 12.1 Å². The summed E-state index contributed by atoms with van der Waals surface area (Å²) in [5, 5.41) is 10.6. The van der Waals surface area contributed by atoms with E-state index in [9.17, 15) is 24.0 Å². The summed E-state index contributed by atoms with van der Waals surface area (Å²) < 4.78 is 0. The van der Waals surface area contributed by atoms with Gasteiger partial charge in [-0.2, -0.15) is 0 Å². The van der Waals surface area contributed by atoms with E-state index in [0.717, 1.165) is 19.3 Å². The lowest BCUT2D eigenvalue weighted by Gasteiger charge is -2.24. The van der Waals surface area contributed by atoms with Gasteiger partial charge in [-0.3, -0.25) is 19.2 Å². The molecule has 0 radical (unpaired) electrons. The molecule has 4 N–H and O–H groups in total. The number of nitrogens with zero attached hydrogens (tertiary/aromatic N) is 1. The number of rotatable bonds is 10. The topological polar surface area (TPSA) is 137 Å². The smallest absolute Gasteiger partial charge is 0.314 e. The van der Waals surface area contributed by atoms with Gasteiger partial charge in [-0.15, -0.1) is 18.9 Å². The van der Waals surface area contributed by atoms with Crippen LogP contribution in [0.15, 0.2) is 36.9 Å². The first-order valence-electron chi connectivity index (χ1n) is 17.8. The molecule has 1 aromatic rings. The minimum Gasteiger partial charge on any atom is -0.355 e. The Morgan fingerprint density at radius 1 is 1.02 bits per heavy atom. The number of nitrogens with one attached hydrogen (secondary N) is 4. The lowest BCUT2D eigenvalue weighted by atomic mass is 9.98. The number of carbonyl (C=O) groups is 5. The molecule has 1 heterocycles. The van der Waals surface area contributed by atoms with E-state index in [0.29, 0.717) is 44.7 Å². The standard InChI is InChI=1S/C14H20N2O3.C13H18N2O.C4H7NO.2C3H8.C2H6/c1-4-5-7-12(10(2)17)15-14(19)13-8-6-9-16(13)11(3)18;1-9(15-13(16)14-2)12-7-10-5-3-4-6-11(10)8-12;1-2-3-5-4-6;2*1-3-2;1-2/h1,12-13H,5-9H2,2-3H3,(H,15,19);3-6,9,12H,7-8H2,1-2H3,(H2,14,15,16);2,4H,1,3H2,(H,5,6);2*3H2,1-2H3;1-2H3. The molecule has 0 aromatic heterocycles. The Hall–Kier alpha value is -4.13. The van der Waals surface area contributed by atoms with Crippen LogP contribution in [0.3, 0.4) is 0 Å². The van der Waals surface area contributed by atoms with E-state index in [1.807, 2.05) is 13.8 Å². The number of amides is 5. The molecular formula is C39H67N5O5. The molecule has 1 saturated heterocycles. The Balaban J connectivity index is -0.000000632. The van der Waals surface area contributed by atoms with Gasteiger partial charge in [0.25, 0.3) is 0 Å². The van der Waals surface area contributed by atoms with Crippen molar-refractivity contribution in [2.45, 2.75) is 132 Å². The number of benzene rings is 1. The Morgan fingerprint density at radius 3 is 1.94 bits per heavy atom. The van der Waals surface area contributed by atoms with E-state index in [-0.39, 0.29) is 29.7 Å². The second-order valence-electron chi connectivity index (χ2n) is 11.5. The fourth-order valence-electron chi connectivity index (χ4n) is 4.76. The van der Waals surface area contributed by atoms with Crippen LogP contribution in [0, 0.1) is 18.3 Å². The maximum absolute atomic E-state index is 12.1. The van der Waals surface area contributed by atoms with Crippen molar-refractivity contribution < 1.29 is 24.0 Å². The van der Waals surface area contributed by atoms with Gasteiger partial charge in [0, 0.05) is 39.5 Å². The lowest BCUT2D eigenvalue weighted by Crippen LogP contribution is -2.50. The number of ketones is 1. The van der Waals surface area contributed by atoms with Crippen molar-refractivity contribution in [2.24, 2.45) is 5.92 Å². The monoisotopic (exact) mass is 686 g/mol. The minimum atomic E-state index is -0.557. The third-order valence-electron chi connectivity index (χ3n) is 7.07. The molecule has 0 saturated carbocycles. The molecule has 0 bridgehead atoms. The summed E-state index contributed by atoms with van der Waals surface area (Å²) in [4.78, 5) is 57.2. The van der Waals surface area contributed by atoms with Crippen molar-refractivity contribution in [1.82, 2.24) is 26.2 Å². The van der Waals surface area contributed by atoms with Crippen molar-refractivity contribution >= 4 is 30.0 Å². The maximum Gasteiger partial charge on any atom is 0.314 e. The molecule has 49 heavy (non-hydrogen) atoms. The first kappa shape index (κ1) is 49.3. The fourth-order valence-corrected chi connectivity index (χ4v) is 4.76. The van der Waals surface area contributed by atoms with E-state index in [4.69, 9.17) is 6.42 Å². The average molecular weight is 686 g/mol. The van der Waals surface area contributed by atoms with Crippen LogP contribution in [0.5, 0.6) is 0 Å². The van der Waals surface area contributed by atoms with Crippen molar-refractivity contribution in [1.29, 1.82) is 0 Å². The van der Waals surface area contributed by atoms with E-state index in [1.54, 1.807) is 18.0 Å². The van der Waals surface area contributed by atoms with Gasteiger partial charge in [-0.1, -0.05) is 84.7 Å². The van der Waals surface area contributed by atoms with E-state index in [2.05, 4.69) is 92.7 Å². The predicted octanol–water partition coefficient (Wildman–Crippen LogP) is 5.98. The predicted molar refractivity (Wildman–Crippen MR) is 203 cm³/mol. The highest BCUT2D eigenvalue weighted by Gasteiger charge is 2.33. The second-order valence-corrected chi connectivity index (χ2v) is 11.5. The summed E-state index contributed by atoms with van der Waals surface area (Å²) in [5.41, 5.74) is 2.86. The van der Waals surface area contributed by atoms with Crippen LogP contribution in [0.2, 0.25) is 0 Å². The second kappa shape index (κ2) is 32.4. The van der Waals surface area contributed by atoms with E-state index in [1.165, 1.54) is 37.8 Å². The Morgan fingerprint density at radius 2 is 1.55 bits per heavy atom. The first-order chi connectivity index (χ1) is 23.4. The quantitative estimate of drug-likeness (QED) is 0.104. The lowest BCUT2D eigenvalue weighted by molar-refractivity contribution is -0.137. The Bertz CT molecular complexity index is 1080. The Labute approximate surface area is 298 Å². The van der Waals surface area contributed by atoms with Crippen LogP contribution in [0.4, 0.5) is 4.79 Å². The van der Waals surface area contributed by atoms with Crippen molar-refractivity contribution in [2.75, 3.05) is 20.1 Å². The van der Waals surface area contributed by atoms with Gasteiger partial charge in [0.2, 0.25) is 18.2 Å². The van der Waals surface area contributed by atoms with Gasteiger partial charge < -0.3 is 26.2 Å². The molecule has 10 nitrogen and oxygen atoms in total. The molecule has 2 aliphatic rings. The summed E-state index contributed by atoms with van der Waals surface area (Å²) in [6, 6.07) is 7.64. The van der Waals surface area contributed by atoms with Gasteiger partial charge in [-0.25, -0.2) is 4.79 Å². The fraction of sp³-hybridized carbons (Fsp3) is 0.615. The highest BCUT2D eigenvalue weighted by atomic mass is 16.2. The van der Waals surface area contributed by atoms with Crippen LogP contribution in [-0.4, -0.2) is 73.2 Å². The molecule has 5 amide bonds. The number of fused-ring (bicyclic) bond motifs is 1. The number of urea groups is 1. The molecule has 10 heteroatoms. The molecular weight excluding hydrogens is 618 g/mol. The van der Waals surface area contributed by atoms with Gasteiger partial charge in [-0.05, 0) is 63.0 Å². The zero-order valence-corrected chi connectivity index (χ0v) is 32.1. The largest absolute Gasteiger partial charge is 0.355 e. The van der Waals surface area contributed by atoms with Crippen LogP contribution in [0.25, 0.3) is 0 Å². The summed E-state index contributed by atoms with van der Waals surface area (Å²) in [7, 11) is 1.64. The molecule has 1 aromatic carbocycles. The zero-order chi connectivity index (χ0) is 38.2.